The molecule has 2 aliphatic rings. The lowest BCUT2D eigenvalue weighted by Gasteiger charge is -2.22. The molecule has 2 aromatic rings. The van der Waals surface area contributed by atoms with Gasteiger partial charge in [0.25, 0.3) is 11.8 Å². The number of oxazole rings is 1. The van der Waals surface area contributed by atoms with Crippen LogP contribution in [0.15, 0.2) is 27.4 Å². The van der Waals surface area contributed by atoms with Gasteiger partial charge in [-0.1, -0.05) is 34.1 Å². The zero-order chi connectivity index (χ0) is 26.1. The topological polar surface area (TPSA) is 139 Å². The second-order valence-corrected chi connectivity index (χ2v) is 10.6. The van der Waals surface area contributed by atoms with Crippen LogP contribution in [0.2, 0.25) is 0 Å². The zero-order valence-corrected chi connectivity index (χ0v) is 22.1. The van der Waals surface area contributed by atoms with E-state index in [2.05, 4.69) is 25.9 Å². The molecule has 0 unspecified atom stereocenters. The minimum absolute atomic E-state index is 0.0537. The van der Waals surface area contributed by atoms with Gasteiger partial charge in [-0.15, -0.1) is 15.9 Å². The van der Waals surface area contributed by atoms with Gasteiger partial charge in [-0.2, -0.15) is 0 Å². The Bertz CT molecular complexity index is 1170. The number of ether oxygens (including phenoxy) is 1. The van der Waals surface area contributed by atoms with Crippen molar-refractivity contribution in [1.29, 1.82) is 0 Å². The van der Waals surface area contributed by atoms with Crippen LogP contribution in [-0.2, 0) is 9.53 Å². The second-order valence-electron chi connectivity index (χ2n) is 9.69. The summed E-state index contributed by atoms with van der Waals surface area (Å²) >= 11 is 1.32. The lowest BCUT2D eigenvalue weighted by atomic mass is 9.99. The van der Waals surface area contributed by atoms with E-state index in [9.17, 15) is 14.4 Å². The minimum Gasteiger partial charge on any atom is -0.474 e. The Kier molecular flexibility index (Phi) is 7.43. The van der Waals surface area contributed by atoms with Gasteiger partial charge in [0.05, 0.1) is 6.04 Å². The maximum absolute atomic E-state index is 13.4. The summed E-state index contributed by atoms with van der Waals surface area (Å²) in [6, 6.07) is -1.77. The SMILES string of the molecule is CC[C@H](C)[C@H]1NC(=O)c2coc[n+]2[C@H](C(C)C)NC(=O)[C@H]2N=C(O[C@@H]2C)[C@H](C)NC(=O)c2csc1n2. The van der Waals surface area contributed by atoms with Crippen LogP contribution >= 0.6 is 11.3 Å². The van der Waals surface area contributed by atoms with Crippen molar-refractivity contribution >= 4 is 35.0 Å². The van der Waals surface area contributed by atoms with E-state index < -0.39 is 30.4 Å². The highest BCUT2D eigenvalue weighted by atomic mass is 32.1. The van der Waals surface area contributed by atoms with Crippen molar-refractivity contribution < 1.29 is 28.1 Å². The summed E-state index contributed by atoms with van der Waals surface area (Å²) in [7, 11) is 0. The van der Waals surface area contributed by atoms with Gasteiger partial charge in [-0.3, -0.25) is 19.7 Å². The molecule has 0 aliphatic carbocycles. The highest BCUT2D eigenvalue weighted by Gasteiger charge is 2.40. The Balaban J connectivity index is 1.78. The van der Waals surface area contributed by atoms with Crippen molar-refractivity contribution in [3.8, 4) is 0 Å². The quantitative estimate of drug-likeness (QED) is 0.533. The molecule has 4 rings (SSSR count). The number of aromatic nitrogens is 2. The number of thiazole rings is 1. The molecule has 0 saturated heterocycles. The highest BCUT2D eigenvalue weighted by Crippen LogP contribution is 2.28. The van der Waals surface area contributed by atoms with E-state index >= 15 is 0 Å². The molecule has 0 saturated carbocycles. The molecule has 3 N–H and O–H groups in total. The maximum Gasteiger partial charge on any atom is 0.336 e. The normalized spacial score (nSPS) is 27.8. The smallest absolute Gasteiger partial charge is 0.336 e. The maximum atomic E-state index is 13.4. The Labute approximate surface area is 213 Å². The number of amides is 3. The summed E-state index contributed by atoms with van der Waals surface area (Å²) in [5, 5.41) is 11.2. The Morgan fingerprint density at radius 2 is 1.86 bits per heavy atom. The standard InChI is InChI=1S/C24H32N6O5S/c1-7-12(4)17-24-26-15(9-36-24)20(31)25-13(5)23-28-18(14(6)35-23)22(33)29-19(11(2)3)30-10-34-8-16(30)21(32)27-17/h8-14,17-19H,7H2,1-6H3,(H2-,25,27,29,31,32,33)/p+1/t12-,13-,14+,17+,18-,19+/m0/s1. The molecule has 2 aliphatic heterocycles. The summed E-state index contributed by atoms with van der Waals surface area (Å²) in [5.41, 5.74) is 0.502. The fraction of sp³-hybridized carbons (Fsp3) is 0.583. The molecule has 0 fully saturated rings. The van der Waals surface area contributed by atoms with Gasteiger partial charge in [-0.25, -0.2) is 9.98 Å². The molecule has 4 bridgehead atoms. The second kappa shape index (κ2) is 10.4. The molecule has 0 spiro atoms. The number of hydrogen-bond acceptors (Lipinski definition) is 8. The van der Waals surface area contributed by atoms with Gasteiger partial charge in [0.1, 0.15) is 22.8 Å². The molecule has 194 valence electrons. The van der Waals surface area contributed by atoms with E-state index in [1.54, 1.807) is 23.8 Å². The number of nitrogens with one attached hydrogen (secondary N) is 3. The van der Waals surface area contributed by atoms with Crippen molar-refractivity contribution in [2.24, 2.45) is 16.8 Å². The molecular formula is C24H33N6O5S+. The third-order valence-electron chi connectivity index (χ3n) is 6.61. The lowest BCUT2D eigenvalue weighted by Crippen LogP contribution is -2.57. The summed E-state index contributed by atoms with van der Waals surface area (Å²) in [4.78, 5) is 48.6. The average Bonchev–Trinajstić information content (AvgIpc) is 3.59. The first-order chi connectivity index (χ1) is 17.1. The van der Waals surface area contributed by atoms with Gasteiger partial charge >= 0.3 is 18.0 Å². The minimum atomic E-state index is -0.804. The van der Waals surface area contributed by atoms with Gasteiger partial charge in [0, 0.05) is 11.3 Å². The summed E-state index contributed by atoms with van der Waals surface area (Å²) in [5.74, 6) is -0.841. The Morgan fingerprint density at radius 1 is 1.11 bits per heavy atom. The predicted molar refractivity (Wildman–Crippen MR) is 131 cm³/mol. The number of carbonyl (C=O) groups is 3. The first kappa shape index (κ1) is 25.8. The van der Waals surface area contributed by atoms with Crippen molar-refractivity contribution in [1.82, 2.24) is 20.9 Å². The van der Waals surface area contributed by atoms with Crippen LogP contribution in [0, 0.1) is 11.8 Å². The third-order valence-corrected chi connectivity index (χ3v) is 7.54. The van der Waals surface area contributed by atoms with E-state index in [4.69, 9.17) is 9.15 Å². The van der Waals surface area contributed by atoms with Gasteiger partial charge in [0.2, 0.25) is 12.1 Å². The van der Waals surface area contributed by atoms with Crippen LogP contribution < -0.4 is 20.5 Å². The first-order valence-corrected chi connectivity index (χ1v) is 13.1. The summed E-state index contributed by atoms with van der Waals surface area (Å²) < 4.78 is 12.9. The number of aliphatic imine (C=N–C) groups is 1. The predicted octanol–water partition coefficient (Wildman–Crippen LogP) is 2.13. The van der Waals surface area contributed by atoms with Crippen LogP contribution in [0.1, 0.15) is 86.2 Å². The fourth-order valence-corrected chi connectivity index (χ4v) is 5.21. The molecule has 4 heterocycles. The Morgan fingerprint density at radius 3 is 2.56 bits per heavy atom. The third kappa shape index (κ3) is 4.99. The van der Waals surface area contributed by atoms with E-state index in [1.165, 1.54) is 24.0 Å². The molecule has 6 atom stereocenters. The zero-order valence-electron chi connectivity index (χ0n) is 21.3. The Hall–Kier alpha value is -3.28. The number of nitrogens with zero attached hydrogens (tertiary/aromatic N) is 3. The molecular weight excluding hydrogens is 484 g/mol. The number of carbonyl (C=O) groups excluding carboxylic acids is 3. The molecule has 3 amide bonds. The van der Waals surface area contributed by atoms with Crippen molar-refractivity contribution in [2.75, 3.05) is 0 Å². The molecule has 0 aromatic carbocycles. The number of fused-ring (bicyclic) bond motifs is 4. The average molecular weight is 518 g/mol. The van der Waals surface area contributed by atoms with Crippen LogP contribution in [0.3, 0.4) is 0 Å². The van der Waals surface area contributed by atoms with E-state index in [0.717, 1.165) is 6.42 Å². The van der Waals surface area contributed by atoms with Gasteiger partial charge < -0.3 is 19.8 Å². The van der Waals surface area contributed by atoms with Crippen LogP contribution in [0.25, 0.3) is 0 Å². The molecule has 36 heavy (non-hydrogen) atoms. The van der Waals surface area contributed by atoms with E-state index in [-0.39, 0.29) is 46.8 Å². The molecule has 2 aromatic heterocycles. The van der Waals surface area contributed by atoms with Crippen LogP contribution in [0.5, 0.6) is 0 Å². The first-order valence-electron chi connectivity index (χ1n) is 12.2. The van der Waals surface area contributed by atoms with Crippen molar-refractivity contribution in [3.05, 3.63) is 34.4 Å². The summed E-state index contributed by atoms with van der Waals surface area (Å²) in [6.07, 6.45) is 2.48. The molecule has 0 radical (unpaired) electrons. The fourth-order valence-electron chi connectivity index (χ4n) is 4.23. The number of hydrogen-bond donors (Lipinski definition) is 3. The van der Waals surface area contributed by atoms with E-state index in [0.29, 0.717) is 5.01 Å². The van der Waals surface area contributed by atoms with E-state index in [1.807, 2.05) is 27.7 Å². The highest BCUT2D eigenvalue weighted by molar-refractivity contribution is 7.09. The molecule has 11 nitrogen and oxygen atoms in total. The van der Waals surface area contributed by atoms with Gasteiger partial charge in [-0.05, 0) is 19.8 Å². The summed E-state index contributed by atoms with van der Waals surface area (Å²) in [6.45, 7) is 11.4. The van der Waals surface area contributed by atoms with Crippen LogP contribution in [0.4, 0.5) is 0 Å². The van der Waals surface area contributed by atoms with Gasteiger partial charge in [0.15, 0.2) is 12.3 Å². The number of rotatable bonds is 3. The van der Waals surface area contributed by atoms with Crippen molar-refractivity contribution in [3.63, 3.8) is 0 Å². The lowest BCUT2D eigenvalue weighted by molar-refractivity contribution is -0.737. The molecule has 12 heteroatoms. The largest absolute Gasteiger partial charge is 0.474 e. The van der Waals surface area contributed by atoms with Crippen molar-refractivity contribution in [2.45, 2.75) is 78.4 Å². The van der Waals surface area contributed by atoms with Crippen LogP contribution in [-0.4, -0.2) is 46.8 Å². The monoisotopic (exact) mass is 517 g/mol.